The summed E-state index contributed by atoms with van der Waals surface area (Å²) in [5.74, 6) is -7.42. The molecule has 5 saturated heterocycles. The Bertz CT molecular complexity index is 2140. The number of carbonyl (C=O) groups is 2. The summed E-state index contributed by atoms with van der Waals surface area (Å²) in [4.78, 5) is 54.0. The molecule has 1 aromatic heterocycles. The van der Waals surface area contributed by atoms with Crippen molar-refractivity contribution in [2.24, 2.45) is 41.4 Å². The van der Waals surface area contributed by atoms with Crippen LogP contribution in [0.2, 0.25) is 0 Å². The molecule has 5 fully saturated rings. The first-order chi connectivity index (χ1) is 32.5. The molecular formula is C51H79FN2O15. The number of nitrogens with zero attached hydrogens (tertiary/aromatic N) is 1. The summed E-state index contributed by atoms with van der Waals surface area (Å²) >= 11 is 0. The predicted molar refractivity (Wildman–Crippen MR) is 248 cm³/mol. The Hall–Kier alpha value is -2.91. The molecule has 1 aromatic rings. The molecule has 0 amide bonds. The normalized spacial score (nSPS) is 42.5. The van der Waals surface area contributed by atoms with Crippen LogP contribution in [0.4, 0.5) is 4.39 Å². The monoisotopic (exact) mass is 979 g/mol. The number of nitrogens with one attached hydrogen (secondary N) is 1. The smallest absolute Gasteiger partial charge is 0.330 e. The molecule has 0 aliphatic carbocycles. The third-order valence-corrected chi connectivity index (χ3v) is 17.3. The molecule has 0 bridgehead atoms. The number of hydrogen-bond acceptors (Lipinski definition) is 15. The van der Waals surface area contributed by atoms with Gasteiger partial charge in [-0.1, -0.05) is 55.4 Å². The zero-order chi connectivity index (χ0) is 50.5. The van der Waals surface area contributed by atoms with Crippen molar-refractivity contribution in [2.45, 2.75) is 224 Å². The number of halogens is 1. The Kier molecular flexibility index (Phi) is 16.3. The maximum absolute atomic E-state index is 14.7. The van der Waals surface area contributed by atoms with Gasteiger partial charge in [-0.3, -0.25) is 23.9 Å². The van der Waals surface area contributed by atoms with Crippen LogP contribution in [-0.4, -0.2) is 126 Å². The maximum atomic E-state index is 14.7. The molecule has 0 saturated carbocycles. The molecule has 390 valence electrons. The quantitative estimate of drug-likeness (QED) is 0.115. The molecular weight excluding hydrogens is 900 g/mol. The fourth-order valence-corrected chi connectivity index (χ4v) is 12.5. The van der Waals surface area contributed by atoms with Gasteiger partial charge in [0.1, 0.15) is 30.8 Å². The number of esters is 1. The minimum Gasteiger partial charge on any atom is -0.463 e. The fourth-order valence-electron chi connectivity index (χ4n) is 12.5. The van der Waals surface area contributed by atoms with E-state index in [1.165, 1.54) is 0 Å². The molecule has 0 unspecified atom stereocenters. The van der Waals surface area contributed by atoms with Gasteiger partial charge in [-0.25, -0.2) is 4.79 Å². The molecule has 6 aliphatic heterocycles. The van der Waals surface area contributed by atoms with Crippen LogP contribution in [-0.2, 0) is 42.7 Å². The number of ether oxygens (including phenoxy) is 7. The lowest BCUT2D eigenvalue weighted by atomic mass is 9.72. The molecule has 18 heteroatoms. The average molecular weight is 979 g/mol. The van der Waals surface area contributed by atoms with Gasteiger partial charge in [0, 0.05) is 36.5 Å². The molecule has 5 N–H and O–H groups in total. The van der Waals surface area contributed by atoms with E-state index in [-0.39, 0.29) is 48.8 Å². The van der Waals surface area contributed by atoms with Gasteiger partial charge in [0.2, 0.25) is 11.6 Å². The second-order valence-corrected chi connectivity index (χ2v) is 21.8. The first kappa shape index (κ1) is 53.9. The second kappa shape index (κ2) is 20.9. The van der Waals surface area contributed by atoms with Gasteiger partial charge in [0.25, 0.3) is 5.56 Å². The fraction of sp³-hybridized carbons (Fsp3) is 0.843. The van der Waals surface area contributed by atoms with Crippen molar-refractivity contribution in [3.63, 3.8) is 0 Å². The van der Waals surface area contributed by atoms with Crippen molar-refractivity contribution in [3.8, 4) is 0 Å². The summed E-state index contributed by atoms with van der Waals surface area (Å²) in [6.45, 7) is 19.0. The van der Waals surface area contributed by atoms with Crippen molar-refractivity contribution in [1.29, 1.82) is 0 Å². The van der Waals surface area contributed by atoms with E-state index in [1.54, 1.807) is 19.1 Å². The topological polar surface area (TPSA) is 235 Å². The molecule has 69 heavy (non-hydrogen) atoms. The Balaban J connectivity index is 0.979. The largest absolute Gasteiger partial charge is 0.463 e. The van der Waals surface area contributed by atoms with Crippen molar-refractivity contribution < 1.29 is 67.6 Å². The molecule has 21 atom stereocenters. The molecule has 7 rings (SSSR count). The maximum Gasteiger partial charge on any atom is 0.330 e. The number of ketones is 1. The summed E-state index contributed by atoms with van der Waals surface area (Å²) in [6.07, 6.45) is 1.74. The molecule has 7 heterocycles. The predicted octanol–water partition coefficient (Wildman–Crippen LogP) is 4.98. The van der Waals surface area contributed by atoms with E-state index in [2.05, 4.69) is 6.92 Å². The van der Waals surface area contributed by atoms with Crippen LogP contribution in [0, 0.1) is 47.2 Å². The second-order valence-electron chi connectivity index (χ2n) is 21.8. The zero-order valence-corrected chi connectivity index (χ0v) is 42.1. The first-order valence-electron chi connectivity index (χ1n) is 25.7. The molecule has 0 radical (unpaired) electrons. The lowest BCUT2D eigenvalue weighted by Crippen LogP contribution is -2.63. The van der Waals surface area contributed by atoms with Crippen LogP contribution < -0.4 is 11.2 Å². The number of carbonyl (C=O) groups excluding carboxylic acids is 2. The molecule has 17 nitrogen and oxygen atoms in total. The van der Waals surface area contributed by atoms with Crippen molar-refractivity contribution in [2.75, 3.05) is 6.61 Å². The molecule has 6 aliphatic rings. The summed E-state index contributed by atoms with van der Waals surface area (Å²) in [7, 11) is 0. The summed E-state index contributed by atoms with van der Waals surface area (Å²) in [5.41, 5.74) is -3.78. The minimum atomic E-state index is -1.42. The van der Waals surface area contributed by atoms with E-state index < -0.39 is 118 Å². The Labute approximate surface area is 404 Å². The van der Waals surface area contributed by atoms with Crippen LogP contribution in [0.25, 0.3) is 0 Å². The van der Waals surface area contributed by atoms with Crippen LogP contribution >= 0.6 is 0 Å². The lowest BCUT2D eigenvalue weighted by Gasteiger charge is -2.54. The van der Waals surface area contributed by atoms with Crippen molar-refractivity contribution >= 4 is 11.8 Å². The van der Waals surface area contributed by atoms with Gasteiger partial charge in [0.05, 0.1) is 66.0 Å². The van der Waals surface area contributed by atoms with E-state index in [0.717, 1.165) is 4.57 Å². The minimum absolute atomic E-state index is 0.00268. The van der Waals surface area contributed by atoms with Gasteiger partial charge in [-0.15, -0.1) is 0 Å². The number of aliphatic hydroxyl groups is 4. The number of Topliss-reactive ketones (excluding diaryl/α,β-unsaturated/α-hetero) is 1. The summed E-state index contributed by atoms with van der Waals surface area (Å²) < 4.78 is 60.1. The average Bonchev–Trinajstić information content (AvgIpc) is 3.87. The van der Waals surface area contributed by atoms with E-state index in [1.807, 2.05) is 60.4 Å². The van der Waals surface area contributed by atoms with E-state index in [0.29, 0.717) is 70.4 Å². The van der Waals surface area contributed by atoms with Gasteiger partial charge >= 0.3 is 11.7 Å². The third-order valence-electron chi connectivity index (χ3n) is 17.3. The first-order valence-corrected chi connectivity index (χ1v) is 25.7. The number of aromatic amines is 1. The number of aliphatic hydroxyl groups excluding tert-OH is 3. The molecule has 0 aromatic carbocycles. The van der Waals surface area contributed by atoms with Gasteiger partial charge in [-0.05, 0) is 95.6 Å². The summed E-state index contributed by atoms with van der Waals surface area (Å²) in [6, 6.07) is 0. The van der Waals surface area contributed by atoms with Gasteiger partial charge in [0.15, 0.2) is 5.79 Å². The lowest BCUT2D eigenvalue weighted by molar-refractivity contribution is -0.409. The van der Waals surface area contributed by atoms with Crippen molar-refractivity contribution in [1.82, 2.24) is 9.55 Å². The number of rotatable bonds is 15. The summed E-state index contributed by atoms with van der Waals surface area (Å²) in [5, 5.41) is 45.3. The third kappa shape index (κ3) is 10.4. The number of hydrogen-bond donors (Lipinski definition) is 5. The van der Waals surface area contributed by atoms with E-state index in [4.69, 9.17) is 33.2 Å². The zero-order valence-electron chi connectivity index (χ0n) is 42.1. The van der Waals surface area contributed by atoms with Crippen LogP contribution in [0.3, 0.4) is 0 Å². The highest BCUT2D eigenvalue weighted by Crippen LogP contribution is 2.54. The Morgan fingerprint density at radius 1 is 0.928 bits per heavy atom. The van der Waals surface area contributed by atoms with Gasteiger partial charge in [-0.2, -0.15) is 4.39 Å². The highest BCUT2D eigenvalue weighted by Gasteiger charge is 2.63. The van der Waals surface area contributed by atoms with Gasteiger partial charge < -0.3 is 53.6 Å². The molecule has 2 spiro atoms. The van der Waals surface area contributed by atoms with E-state index >= 15 is 0 Å². The van der Waals surface area contributed by atoms with Crippen molar-refractivity contribution in [3.05, 3.63) is 45.0 Å². The Morgan fingerprint density at radius 2 is 1.64 bits per heavy atom. The van der Waals surface area contributed by atoms with Crippen LogP contribution in [0.1, 0.15) is 146 Å². The van der Waals surface area contributed by atoms with E-state index in [9.17, 15) is 44.0 Å². The SMILES string of the molecule is CC[C@@H](C(=O)[C@@H](C)[C@@H](O)[C@H](C)[C@@H]1O[C@@H]([C@@H](CC)C(=O)OC[C@H]2O[C@@H](n3cc(F)c(=O)[nH]c3=O)C[C@@H]2O)CC[C@@H]1C)[C@H]1O[C@]2(C=C[C@@H](O)[C@]3(CC[C@@](C)([C@H]4CC[C@](O)(CC)[C@H](C)O4)O3)O2)[C@H](C)C[C@@H]1C. The highest BCUT2D eigenvalue weighted by atomic mass is 19.1. The Morgan fingerprint density at radius 3 is 2.30 bits per heavy atom. The van der Waals surface area contributed by atoms with Crippen LogP contribution in [0.15, 0.2) is 27.9 Å². The van der Waals surface area contributed by atoms with Crippen LogP contribution in [0.5, 0.6) is 0 Å². The number of H-pyrrole nitrogens is 1. The highest BCUT2D eigenvalue weighted by molar-refractivity contribution is 5.84. The standard InChI is InChI=1S/C51H79FN2O15/c1-11-32(46(60)63-25-37-35(55)23-40(65-37)54-24-34(52)45(59)53-47(54)61)36-15-14-26(4)43(66-36)30(8)41(57)29(7)42(58)33(12-2)44-27(5)22-28(6)50(67-44)19-16-38(56)51(69-50)21-20-48(10,68-51)39-17-18-49(62,13-3)31(9)64-39/h16,19,24,26-33,35-41,43-44,55-57,62H,11-15,17-18,20-23,25H2,1-10H3,(H,53,59,61)/t26-,27-,28+,29-,30-,31-,32+,33-,35-,36+,37+,38+,39+,40+,41+,43+,44-,48-,49+,50-,51-/m0/s1. The number of aromatic nitrogens is 2.